The van der Waals surface area contributed by atoms with Gasteiger partial charge in [-0.15, -0.1) is 0 Å². The van der Waals surface area contributed by atoms with Crippen LogP contribution in [-0.4, -0.2) is 11.8 Å². The topological polar surface area (TPSA) is 70.5 Å². The highest BCUT2D eigenvalue weighted by molar-refractivity contribution is 5.71. The second kappa shape index (κ2) is 4.19. The van der Waals surface area contributed by atoms with Crippen molar-refractivity contribution in [1.82, 2.24) is 4.98 Å². The summed E-state index contributed by atoms with van der Waals surface area (Å²) in [6.07, 6.45) is 0. The second-order valence-corrected chi connectivity index (χ2v) is 4.94. The third-order valence-electron chi connectivity index (χ3n) is 3.17. The molecule has 1 aliphatic heterocycles. The molecule has 1 aromatic heterocycles. The Kier molecular flexibility index (Phi) is 2.62. The van der Waals surface area contributed by atoms with E-state index >= 15 is 0 Å². The van der Waals surface area contributed by atoms with Crippen molar-refractivity contribution >= 4 is 6.01 Å². The van der Waals surface area contributed by atoms with Crippen LogP contribution in [0.1, 0.15) is 31.1 Å². The first-order chi connectivity index (χ1) is 9.06. The summed E-state index contributed by atoms with van der Waals surface area (Å²) >= 11 is 0. The van der Waals surface area contributed by atoms with Gasteiger partial charge in [-0.1, -0.05) is 13.8 Å². The van der Waals surface area contributed by atoms with E-state index in [0.29, 0.717) is 0 Å². The highest BCUT2D eigenvalue weighted by atomic mass is 16.7. The molecule has 19 heavy (non-hydrogen) atoms. The number of hydrogen-bond donors (Lipinski definition) is 1. The molecule has 2 N–H and O–H groups in total. The van der Waals surface area contributed by atoms with Crippen LogP contribution in [-0.2, 0) is 0 Å². The first-order valence-corrected chi connectivity index (χ1v) is 6.23. The van der Waals surface area contributed by atoms with E-state index in [1.165, 1.54) is 0 Å². The zero-order valence-electron chi connectivity index (χ0n) is 11.2. The van der Waals surface area contributed by atoms with Crippen LogP contribution in [0.15, 0.2) is 16.5 Å². The summed E-state index contributed by atoms with van der Waals surface area (Å²) in [6.45, 7) is 6.36. The SMILES string of the molecule is Cc1cc2c(cc1-c1nc(N)oc1C(C)C)OCO2. The maximum atomic E-state index is 5.68. The zero-order chi connectivity index (χ0) is 13.6. The molecule has 0 spiro atoms. The van der Waals surface area contributed by atoms with Gasteiger partial charge in [0.15, 0.2) is 11.5 Å². The summed E-state index contributed by atoms with van der Waals surface area (Å²) in [5.41, 5.74) is 8.49. The van der Waals surface area contributed by atoms with Gasteiger partial charge in [0, 0.05) is 11.5 Å². The van der Waals surface area contributed by atoms with E-state index in [9.17, 15) is 0 Å². The Morgan fingerprint density at radius 3 is 2.58 bits per heavy atom. The number of oxazole rings is 1. The summed E-state index contributed by atoms with van der Waals surface area (Å²) in [5, 5.41) is 0. The molecule has 2 heterocycles. The van der Waals surface area contributed by atoms with Crippen molar-refractivity contribution in [1.29, 1.82) is 0 Å². The average Bonchev–Trinajstić information content (AvgIpc) is 2.93. The number of nitrogens with zero attached hydrogens (tertiary/aromatic N) is 1. The van der Waals surface area contributed by atoms with Crippen LogP contribution < -0.4 is 15.2 Å². The molecule has 0 bridgehead atoms. The molecule has 2 aromatic rings. The van der Waals surface area contributed by atoms with Crippen LogP contribution in [0.2, 0.25) is 0 Å². The molecular weight excluding hydrogens is 244 g/mol. The lowest BCUT2D eigenvalue weighted by molar-refractivity contribution is 0.174. The van der Waals surface area contributed by atoms with Crippen molar-refractivity contribution in [2.75, 3.05) is 12.5 Å². The van der Waals surface area contributed by atoms with Crippen molar-refractivity contribution < 1.29 is 13.9 Å². The van der Waals surface area contributed by atoms with Gasteiger partial charge in [-0.05, 0) is 24.6 Å². The Labute approximate surface area is 111 Å². The average molecular weight is 260 g/mol. The van der Waals surface area contributed by atoms with E-state index in [1.54, 1.807) is 0 Å². The summed E-state index contributed by atoms with van der Waals surface area (Å²) in [4.78, 5) is 4.30. The Balaban J connectivity index is 2.17. The number of hydrogen-bond acceptors (Lipinski definition) is 5. The largest absolute Gasteiger partial charge is 0.454 e. The number of ether oxygens (including phenoxy) is 2. The second-order valence-electron chi connectivity index (χ2n) is 4.94. The standard InChI is InChI=1S/C14H16N2O3/c1-7(2)13-12(16-14(15)19-13)9-5-11-10(4-8(9)3)17-6-18-11/h4-5,7H,6H2,1-3H3,(H2,15,16). The van der Waals surface area contributed by atoms with E-state index in [0.717, 1.165) is 34.1 Å². The molecular formula is C14H16N2O3. The lowest BCUT2D eigenvalue weighted by Gasteiger charge is -2.08. The highest BCUT2D eigenvalue weighted by Crippen LogP contribution is 2.40. The number of aryl methyl sites for hydroxylation is 1. The van der Waals surface area contributed by atoms with Crippen molar-refractivity contribution in [3.8, 4) is 22.8 Å². The first-order valence-electron chi connectivity index (χ1n) is 6.23. The molecule has 0 fully saturated rings. The van der Waals surface area contributed by atoms with Crippen molar-refractivity contribution in [2.45, 2.75) is 26.7 Å². The fourth-order valence-corrected chi connectivity index (χ4v) is 2.23. The van der Waals surface area contributed by atoms with Gasteiger partial charge in [0.25, 0.3) is 6.01 Å². The zero-order valence-corrected chi connectivity index (χ0v) is 11.2. The summed E-state index contributed by atoms with van der Waals surface area (Å²) in [7, 11) is 0. The Morgan fingerprint density at radius 1 is 1.21 bits per heavy atom. The predicted octanol–water partition coefficient (Wildman–Crippen LogP) is 3.08. The molecule has 3 rings (SSSR count). The van der Waals surface area contributed by atoms with Gasteiger partial charge in [-0.2, -0.15) is 4.98 Å². The van der Waals surface area contributed by atoms with E-state index < -0.39 is 0 Å². The molecule has 100 valence electrons. The summed E-state index contributed by atoms with van der Waals surface area (Å²) in [6, 6.07) is 4.07. The molecule has 5 heteroatoms. The lowest BCUT2D eigenvalue weighted by atomic mass is 10.00. The molecule has 5 nitrogen and oxygen atoms in total. The predicted molar refractivity (Wildman–Crippen MR) is 71.3 cm³/mol. The molecule has 0 atom stereocenters. The number of aromatic nitrogens is 1. The van der Waals surface area contributed by atoms with Crippen LogP contribution >= 0.6 is 0 Å². The molecule has 1 aromatic carbocycles. The van der Waals surface area contributed by atoms with E-state index in [4.69, 9.17) is 19.6 Å². The molecule has 0 saturated heterocycles. The van der Waals surface area contributed by atoms with Crippen molar-refractivity contribution in [3.63, 3.8) is 0 Å². The third kappa shape index (κ3) is 1.91. The molecule has 0 saturated carbocycles. The molecule has 1 aliphatic rings. The number of nitrogens with two attached hydrogens (primary N) is 1. The highest BCUT2D eigenvalue weighted by Gasteiger charge is 2.22. The van der Waals surface area contributed by atoms with Crippen LogP contribution in [0.3, 0.4) is 0 Å². The van der Waals surface area contributed by atoms with Crippen LogP contribution in [0.25, 0.3) is 11.3 Å². The Bertz CT molecular complexity index is 632. The number of rotatable bonds is 2. The van der Waals surface area contributed by atoms with Crippen LogP contribution in [0.4, 0.5) is 6.01 Å². The van der Waals surface area contributed by atoms with Gasteiger partial charge in [0.1, 0.15) is 11.5 Å². The smallest absolute Gasteiger partial charge is 0.292 e. The van der Waals surface area contributed by atoms with Crippen LogP contribution in [0.5, 0.6) is 11.5 Å². The monoisotopic (exact) mass is 260 g/mol. The fourth-order valence-electron chi connectivity index (χ4n) is 2.23. The molecule has 0 unspecified atom stereocenters. The number of fused-ring (bicyclic) bond motifs is 1. The number of anilines is 1. The Morgan fingerprint density at radius 2 is 1.89 bits per heavy atom. The lowest BCUT2D eigenvalue weighted by Crippen LogP contribution is -1.93. The van der Waals surface area contributed by atoms with Crippen molar-refractivity contribution in [2.24, 2.45) is 0 Å². The Hall–Kier alpha value is -2.17. The van der Waals surface area contributed by atoms with Gasteiger partial charge in [0.05, 0.1) is 0 Å². The minimum absolute atomic E-state index is 0.191. The molecule has 0 amide bonds. The number of benzene rings is 1. The minimum atomic E-state index is 0.191. The quantitative estimate of drug-likeness (QED) is 0.898. The maximum absolute atomic E-state index is 5.68. The maximum Gasteiger partial charge on any atom is 0.292 e. The summed E-state index contributed by atoms with van der Waals surface area (Å²) in [5.74, 6) is 2.50. The molecule has 0 aliphatic carbocycles. The van der Waals surface area contributed by atoms with Crippen molar-refractivity contribution in [3.05, 3.63) is 23.5 Å². The van der Waals surface area contributed by atoms with Gasteiger partial charge in [-0.3, -0.25) is 0 Å². The normalized spacial score (nSPS) is 13.3. The van der Waals surface area contributed by atoms with Gasteiger partial charge in [0.2, 0.25) is 6.79 Å². The van der Waals surface area contributed by atoms with Gasteiger partial charge >= 0.3 is 0 Å². The van der Waals surface area contributed by atoms with Gasteiger partial charge in [-0.25, -0.2) is 0 Å². The van der Waals surface area contributed by atoms with Crippen LogP contribution in [0, 0.1) is 6.92 Å². The van der Waals surface area contributed by atoms with Gasteiger partial charge < -0.3 is 19.6 Å². The summed E-state index contributed by atoms with van der Waals surface area (Å²) < 4.78 is 16.3. The van der Waals surface area contributed by atoms with E-state index in [1.807, 2.05) is 32.9 Å². The minimum Gasteiger partial charge on any atom is -0.454 e. The third-order valence-corrected chi connectivity index (χ3v) is 3.17. The van der Waals surface area contributed by atoms with E-state index in [-0.39, 0.29) is 18.7 Å². The molecule has 0 radical (unpaired) electrons. The first kappa shape index (κ1) is 11.9. The number of nitrogen functional groups attached to an aromatic ring is 1. The van der Waals surface area contributed by atoms with E-state index in [2.05, 4.69) is 4.98 Å². The fraction of sp³-hybridized carbons (Fsp3) is 0.357.